The summed E-state index contributed by atoms with van der Waals surface area (Å²) in [6.45, 7) is 3.59. The van der Waals surface area contributed by atoms with Gasteiger partial charge in [-0.2, -0.15) is 0 Å². The summed E-state index contributed by atoms with van der Waals surface area (Å²) in [7, 11) is 0.955. The SMILES string of the molecule is COCCCNC(=S)NC(C)CCS(C)=O. The van der Waals surface area contributed by atoms with E-state index in [9.17, 15) is 4.21 Å². The number of hydrogen-bond acceptors (Lipinski definition) is 3. The predicted molar refractivity (Wildman–Crippen MR) is 73.2 cm³/mol. The Kier molecular flexibility index (Phi) is 9.86. The molecule has 2 unspecified atom stereocenters. The molecule has 0 aliphatic rings. The van der Waals surface area contributed by atoms with Crippen molar-refractivity contribution in [3.8, 4) is 0 Å². The second kappa shape index (κ2) is 9.99. The van der Waals surface area contributed by atoms with Gasteiger partial charge in [-0.05, 0) is 32.0 Å². The molecular formula is C10H22N2O2S2. The average Bonchev–Trinajstić information content (AvgIpc) is 2.21. The third kappa shape index (κ3) is 10.3. The van der Waals surface area contributed by atoms with Gasteiger partial charge < -0.3 is 15.4 Å². The van der Waals surface area contributed by atoms with Crippen LogP contribution in [0.2, 0.25) is 0 Å². The highest BCUT2D eigenvalue weighted by Gasteiger charge is 2.04. The molecule has 0 heterocycles. The lowest BCUT2D eigenvalue weighted by molar-refractivity contribution is 0.195. The Morgan fingerprint density at radius 2 is 2.25 bits per heavy atom. The third-order valence-corrected chi connectivity index (χ3v) is 3.10. The van der Waals surface area contributed by atoms with E-state index in [0.717, 1.165) is 26.0 Å². The summed E-state index contributed by atoms with van der Waals surface area (Å²) in [5.74, 6) is 0.709. The summed E-state index contributed by atoms with van der Waals surface area (Å²) >= 11 is 5.12. The van der Waals surface area contributed by atoms with E-state index in [4.69, 9.17) is 17.0 Å². The molecule has 16 heavy (non-hydrogen) atoms. The smallest absolute Gasteiger partial charge is 0.166 e. The average molecular weight is 266 g/mol. The highest BCUT2D eigenvalue weighted by atomic mass is 32.2. The molecule has 0 aliphatic carbocycles. The standard InChI is InChI=1S/C10H22N2O2S2/c1-9(5-8-16(3)13)12-10(15)11-6-4-7-14-2/h9H,4-8H2,1-3H3,(H2,11,12,15). The number of ether oxygens (including phenoxy) is 1. The third-order valence-electron chi connectivity index (χ3n) is 2.03. The lowest BCUT2D eigenvalue weighted by Crippen LogP contribution is -2.41. The minimum Gasteiger partial charge on any atom is -0.385 e. The van der Waals surface area contributed by atoms with Gasteiger partial charge in [0, 0.05) is 49.1 Å². The first kappa shape index (κ1) is 15.8. The van der Waals surface area contributed by atoms with Crippen LogP contribution in [-0.2, 0) is 15.5 Å². The molecule has 2 atom stereocenters. The highest BCUT2D eigenvalue weighted by Crippen LogP contribution is 1.92. The molecule has 0 amide bonds. The lowest BCUT2D eigenvalue weighted by atomic mass is 10.3. The van der Waals surface area contributed by atoms with Crippen molar-refractivity contribution >= 4 is 28.1 Å². The number of hydrogen-bond donors (Lipinski definition) is 2. The molecule has 0 aliphatic heterocycles. The quantitative estimate of drug-likeness (QED) is 0.499. The highest BCUT2D eigenvalue weighted by molar-refractivity contribution is 7.84. The maximum atomic E-state index is 10.9. The van der Waals surface area contributed by atoms with E-state index in [1.165, 1.54) is 0 Å². The zero-order valence-corrected chi connectivity index (χ0v) is 11.9. The maximum Gasteiger partial charge on any atom is 0.166 e. The van der Waals surface area contributed by atoms with Gasteiger partial charge in [0.2, 0.25) is 0 Å². The fourth-order valence-corrected chi connectivity index (χ4v) is 2.10. The van der Waals surface area contributed by atoms with Crippen LogP contribution in [0.25, 0.3) is 0 Å². The Hall–Kier alpha value is -0.200. The van der Waals surface area contributed by atoms with E-state index in [2.05, 4.69) is 10.6 Å². The number of rotatable bonds is 8. The zero-order chi connectivity index (χ0) is 12.4. The monoisotopic (exact) mass is 266 g/mol. The molecule has 0 saturated heterocycles. The van der Waals surface area contributed by atoms with Gasteiger partial charge in [-0.3, -0.25) is 4.21 Å². The Morgan fingerprint density at radius 3 is 2.81 bits per heavy atom. The van der Waals surface area contributed by atoms with Gasteiger partial charge in [0.15, 0.2) is 5.11 Å². The van der Waals surface area contributed by atoms with E-state index >= 15 is 0 Å². The van der Waals surface area contributed by atoms with E-state index in [1.807, 2.05) is 6.92 Å². The second-order valence-corrected chi connectivity index (χ2v) is 5.68. The summed E-state index contributed by atoms with van der Waals surface area (Å²) in [4.78, 5) is 0. The first-order valence-electron chi connectivity index (χ1n) is 5.39. The molecule has 0 fully saturated rings. The fraction of sp³-hybridized carbons (Fsp3) is 0.900. The van der Waals surface area contributed by atoms with Gasteiger partial charge in [0.1, 0.15) is 0 Å². The normalized spacial score (nSPS) is 14.2. The summed E-state index contributed by atoms with van der Waals surface area (Å²) in [6, 6.07) is 0.256. The molecule has 0 aromatic rings. The van der Waals surface area contributed by atoms with Crippen molar-refractivity contribution in [1.29, 1.82) is 0 Å². The molecule has 96 valence electrons. The zero-order valence-electron chi connectivity index (χ0n) is 10.2. The van der Waals surface area contributed by atoms with E-state index in [-0.39, 0.29) is 6.04 Å². The molecule has 0 spiro atoms. The summed E-state index contributed by atoms with van der Waals surface area (Å²) in [6.07, 6.45) is 3.52. The van der Waals surface area contributed by atoms with Gasteiger partial charge in [0.25, 0.3) is 0 Å². The van der Waals surface area contributed by atoms with E-state index < -0.39 is 10.8 Å². The molecule has 0 saturated carbocycles. The molecule has 0 aromatic carbocycles. The van der Waals surface area contributed by atoms with Crippen LogP contribution in [0, 0.1) is 0 Å². The topological polar surface area (TPSA) is 50.4 Å². The van der Waals surface area contributed by atoms with Crippen LogP contribution in [-0.4, -0.2) is 47.6 Å². The molecule has 0 radical (unpaired) electrons. The summed E-state index contributed by atoms with van der Waals surface area (Å²) in [5.41, 5.74) is 0. The van der Waals surface area contributed by atoms with Crippen LogP contribution in [0.5, 0.6) is 0 Å². The minimum absolute atomic E-state index is 0.256. The van der Waals surface area contributed by atoms with Gasteiger partial charge in [0.05, 0.1) is 0 Å². The summed E-state index contributed by atoms with van der Waals surface area (Å²) in [5, 5.41) is 6.92. The summed E-state index contributed by atoms with van der Waals surface area (Å²) < 4.78 is 15.8. The molecule has 0 rings (SSSR count). The Balaban J connectivity index is 3.50. The molecule has 6 heteroatoms. The largest absolute Gasteiger partial charge is 0.385 e. The van der Waals surface area contributed by atoms with Crippen LogP contribution in [0.3, 0.4) is 0 Å². The van der Waals surface area contributed by atoms with Crippen molar-refractivity contribution in [3.05, 3.63) is 0 Å². The van der Waals surface area contributed by atoms with Gasteiger partial charge >= 0.3 is 0 Å². The predicted octanol–water partition coefficient (Wildman–Crippen LogP) is 0.644. The number of thiocarbonyl (C=S) groups is 1. The second-order valence-electron chi connectivity index (χ2n) is 3.71. The van der Waals surface area contributed by atoms with E-state index in [0.29, 0.717) is 10.9 Å². The van der Waals surface area contributed by atoms with Crippen molar-refractivity contribution in [1.82, 2.24) is 10.6 Å². The van der Waals surface area contributed by atoms with Crippen LogP contribution >= 0.6 is 12.2 Å². The Bertz CT molecular complexity index is 225. The van der Waals surface area contributed by atoms with Gasteiger partial charge in [-0.15, -0.1) is 0 Å². The van der Waals surface area contributed by atoms with Gasteiger partial charge in [-0.1, -0.05) is 0 Å². The van der Waals surface area contributed by atoms with E-state index in [1.54, 1.807) is 13.4 Å². The molecule has 0 aromatic heterocycles. The van der Waals surface area contributed by atoms with Crippen molar-refractivity contribution in [3.63, 3.8) is 0 Å². The van der Waals surface area contributed by atoms with Crippen molar-refractivity contribution < 1.29 is 8.95 Å². The fourth-order valence-electron chi connectivity index (χ4n) is 1.11. The first-order chi connectivity index (χ1) is 7.56. The number of methoxy groups -OCH3 is 1. The minimum atomic E-state index is -0.729. The van der Waals surface area contributed by atoms with Crippen LogP contribution < -0.4 is 10.6 Å². The lowest BCUT2D eigenvalue weighted by Gasteiger charge is -2.16. The van der Waals surface area contributed by atoms with Crippen molar-refractivity contribution in [2.24, 2.45) is 0 Å². The molecule has 0 bridgehead atoms. The number of nitrogens with one attached hydrogen (secondary N) is 2. The molecular weight excluding hydrogens is 244 g/mol. The van der Waals surface area contributed by atoms with Crippen LogP contribution in [0.15, 0.2) is 0 Å². The van der Waals surface area contributed by atoms with Crippen LogP contribution in [0.4, 0.5) is 0 Å². The van der Waals surface area contributed by atoms with Crippen molar-refractivity contribution in [2.75, 3.05) is 32.3 Å². The molecule has 4 nitrogen and oxygen atoms in total. The van der Waals surface area contributed by atoms with Crippen LogP contribution in [0.1, 0.15) is 19.8 Å². The Labute approximate surface area is 106 Å². The van der Waals surface area contributed by atoms with Crippen molar-refractivity contribution in [2.45, 2.75) is 25.8 Å². The van der Waals surface area contributed by atoms with Gasteiger partial charge in [-0.25, -0.2) is 0 Å². The first-order valence-corrected chi connectivity index (χ1v) is 7.53. The Morgan fingerprint density at radius 1 is 1.56 bits per heavy atom. The maximum absolute atomic E-state index is 10.9. The molecule has 2 N–H and O–H groups in total.